The molecule has 2 nitrogen and oxygen atoms in total. The number of aliphatic carboxylic acids is 1. The molecule has 0 aliphatic carbocycles. The molecule has 2 rings (SSSR count). The first kappa shape index (κ1) is 14.1. The molecule has 0 heterocycles. The Kier molecular flexibility index (Phi) is 4.72. The van der Waals surface area contributed by atoms with Gasteiger partial charge in [-0.05, 0) is 23.1 Å². The summed E-state index contributed by atoms with van der Waals surface area (Å²) in [6, 6.07) is 18.3. The Morgan fingerprint density at radius 2 is 1.65 bits per heavy atom. The minimum absolute atomic E-state index is 0.413. The van der Waals surface area contributed by atoms with Crippen molar-refractivity contribution < 1.29 is 9.90 Å². The van der Waals surface area contributed by atoms with Gasteiger partial charge in [0.1, 0.15) is 0 Å². The smallest absolute Gasteiger partial charge is 0.310 e. The van der Waals surface area contributed by atoms with Crippen LogP contribution in [0, 0.1) is 5.92 Å². The van der Waals surface area contributed by atoms with E-state index in [2.05, 4.69) is 24.3 Å². The van der Waals surface area contributed by atoms with Crippen molar-refractivity contribution in [1.82, 2.24) is 0 Å². The minimum atomic E-state index is -0.773. The van der Waals surface area contributed by atoms with Gasteiger partial charge in [0.05, 0.1) is 5.92 Å². The molecule has 20 heavy (non-hydrogen) atoms. The van der Waals surface area contributed by atoms with Crippen molar-refractivity contribution in [2.45, 2.75) is 13.3 Å². The van der Waals surface area contributed by atoms with Crippen LogP contribution in [-0.4, -0.2) is 11.1 Å². The minimum Gasteiger partial charge on any atom is -0.481 e. The van der Waals surface area contributed by atoms with E-state index in [1.807, 2.05) is 43.3 Å². The largest absolute Gasteiger partial charge is 0.481 e. The number of benzene rings is 2. The maximum absolute atomic E-state index is 10.9. The van der Waals surface area contributed by atoms with E-state index in [9.17, 15) is 4.79 Å². The molecule has 0 fully saturated rings. The molecule has 0 aromatic heterocycles. The average molecular weight is 266 g/mol. The van der Waals surface area contributed by atoms with Crippen molar-refractivity contribution in [3.8, 4) is 11.1 Å². The van der Waals surface area contributed by atoms with E-state index in [0.29, 0.717) is 6.42 Å². The first-order valence-corrected chi connectivity index (χ1v) is 6.77. The topological polar surface area (TPSA) is 37.3 Å². The van der Waals surface area contributed by atoms with Crippen LogP contribution in [-0.2, 0) is 4.79 Å². The molecule has 1 atom stereocenters. The lowest BCUT2D eigenvalue weighted by Gasteiger charge is -2.04. The van der Waals surface area contributed by atoms with E-state index in [1.54, 1.807) is 6.08 Å². The van der Waals surface area contributed by atoms with E-state index >= 15 is 0 Å². The van der Waals surface area contributed by atoms with Gasteiger partial charge in [-0.25, -0.2) is 0 Å². The summed E-state index contributed by atoms with van der Waals surface area (Å²) in [6.07, 6.45) is 4.23. The molecule has 2 heteroatoms. The predicted molar refractivity (Wildman–Crippen MR) is 82.3 cm³/mol. The fraction of sp³-hybridized carbons (Fsp3) is 0.167. The van der Waals surface area contributed by atoms with Gasteiger partial charge >= 0.3 is 5.97 Å². The lowest BCUT2D eigenvalue weighted by Crippen LogP contribution is -2.08. The molecular weight excluding hydrogens is 248 g/mol. The van der Waals surface area contributed by atoms with Crippen LogP contribution in [0.2, 0.25) is 0 Å². The number of carboxylic acids is 1. The van der Waals surface area contributed by atoms with E-state index in [1.165, 1.54) is 5.56 Å². The maximum Gasteiger partial charge on any atom is 0.310 e. The fourth-order valence-electron chi connectivity index (χ4n) is 2.04. The van der Waals surface area contributed by atoms with Crippen molar-refractivity contribution in [3.63, 3.8) is 0 Å². The zero-order chi connectivity index (χ0) is 14.4. The lowest BCUT2D eigenvalue weighted by molar-refractivity contribution is -0.140. The van der Waals surface area contributed by atoms with Gasteiger partial charge in [0.25, 0.3) is 0 Å². The van der Waals surface area contributed by atoms with Crippen LogP contribution >= 0.6 is 0 Å². The number of rotatable bonds is 5. The molecule has 0 spiro atoms. The van der Waals surface area contributed by atoms with Gasteiger partial charge in [-0.1, -0.05) is 73.7 Å². The summed E-state index contributed by atoms with van der Waals surface area (Å²) in [6.45, 7) is 1.88. The highest BCUT2D eigenvalue weighted by Gasteiger charge is 2.09. The Balaban J connectivity index is 2.13. The quantitative estimate of drug-likeness (QED) is 0.866. The number of carbonyl (C=O) groups is 1. The molecular formula is C18H18O2. The van der Waals surface area contributed by atoms with Gasteiger partial charge in [0.15, 0.2) is 0 Å². The van der Waals surface area contributed by atoms with Gasteiger partial charge in [-0.3, -0.25) is 4.79 Å². The van der Waals surface area contributed by atoms with Crippen LogP contribution in [0.3, 0.4) is 0 Å². The Hall–Kier alpha value is -2.35. The second-order valence-electron chi connectivity index (χ2n) is 4.70. The Morgan fingerprint density at radius 3 is 2.20 bits per heavy atom. The van der Waals surface area contributed by atoms with E-state index in [-0.39, 0.29) is 0 Å². The normalized spacial score (nSPS) is 12.4. The highest BCUT2D eigenvalue weighted by molar-refractivity contribution is 5.74. The Morgan fingerprint density at radius 1 is 1.05 bits per heavy atom. The average Bonchev–Trinajstić information content (AvgIpc) is 2.49. The van der Waals surface area contributed by atoms with E-state index < -0.39 is 11.9 Å². The third-order valence-corrected chi connectivity index (χ3v) is 3.30. The summed E-state index contributed by atoms with van der Waals surface area (Å²) in [7, 11) is 0. The van der Waals surface area contributed by atoms with Crippen molar-refractivity contribution >= 4 is 12.0 Å². The maximum atomic E-state index is 10.9. The molecule has 0 radical (unpaired) electrons. The van der Waals surface area contributed by atoms with Gasteiger partial charge in [0, 0.05) is 0 Å². The lowest BCUT2D eigenvalue weighted by atomic mass is 10.0. The van der Waals surface area contributed by atoms with Gasteiger partial charge < -0.3 is 5.11 Å². The van der Waals surface area contributed by atoms with Crippen LogP contribution in [0.25, 0.3) is 17.2 Å². The number of hydrogen-bond acceptors (Lipinski definition) is 1. The standard InChI is InChI=1S/C18H18O2/c1-2-15(18(19)20)11-8-14-9-12-17(13-10-14)16-6-4-3-5-7-16/h3-13,15H,2H2,1H3,(H,19,20). The Bertz CT molecular complexity index is 583. The zero-order valence-electron chi connectivity index (χ0n) is 11.5. The van der Waals surface area contributed by atoms with Crippen molar-refractivity contribution in [3.05, 3.63) is 66.2 Å². The molecule has 1 unspecified atom stereocenters. The summed E-state index contributed by atoms with van der Waals surface area (Å²) in [5, 5.41) is 8.99. The van der Waals surface area contributed by atoms with Crippen molar-refractivity contribution in [1.29, 1.82) is 0 Å². The van der Waals surface area contributed by atoms with Gasteiger partial charge in [-0.15, -0.1) is 0 Å². The van der Waals surface area contributed by atoms with Crippen LogP contribution in [0.1, 0.15) is 18.9 Å². The summed E-state index contributed by atoms with van der Waals surface area (Å²) in [5.74, 6) is -1.19. The third kappa shape index (κ3) is 3.58. The molecule has 2 aromatic rings. The summed E-state index contributed by atoms with van der Waals surface area (Å²) in [5.41, 5.74) is 3.36. The van der Waals surface area contributed by atoms with Crippen molar-refractivity contribution in [2.24, 2.45) is 5.92 Å². The second-order valence-corrected chi connectivity index (χ2v) is 4.70. The molecule has 0 saturated carbocycles. The molecule has 0 amide bonds. The molecule has 2 aromatic carbocycles. The molecule has 102 valence electrons. The number of hydrogen-bond donors (Lipinski definition) is 1. The number of carboxylic acid groups (broad SMARTS) is 1. The summed E-state index contributed by atoms with van der Waals surface area (Å²) >= 11 is 0. The molecule has 0 saturated heterocycles. The van der Waals surface area contributed by atoms with Gasteiger partial charge in [-0.2, -0.15) is 0 Å². The van der Waals surface area contributed by atoms with Gasteiger partial charge in [0.2, 0.25) is 0 Å². The molecule has 1 N–H and O–H groups in total. The van der Waals surface area contributed by atoms with Crippen LogP contribution in [0.4, 0.5) is 0 Å². The SMILES string of the molecule is CCC(C=Cc1ccc(-c2ccccc2)cc1)C(=O)O. The Labute approximate surface area is 119 Å². The summed E-state index contributed by atoms with van der Waals surface area (Å²) in [4.78, 5) is 10.9. The second kappa shape index (κ2) is 6.71. The first-order chi connectivity index (χ1) is 9.70. The third-order valence-electron chi connectivity index (χ3n) is 3.30. The van der Waals surface area contributed by atoms with E-state index in [0.717, 1.165) is 11.1 Å². The van der Waals surface area contributed by atoms with Crippen molar-refractivity contribution in [2.75, 3.05) is 0 Å². The monoisotopic (exact) mass is 266 g/mol. The highest BCUT2D eigenvalue weighted by atomic mass is 16.4. The van der Waals surface area contributed by atoms with Crippen LogP contribution in [0.5, 0.6) is 0 Å². The fourth-order valence-corrected chi connectivity index (χ4v) is 2.04. The van der Waals surface area contributed by atoms with Crippen LogP contribution in [0.15, 0.2) is 60.7 Å². The van der Waals surface area contributed by atoms with E-state index in [4.69, 9.17) is 5.11 Å². The highest BCUT2D eigenvalue weighted by Crippen LogP contribution is 2.20. The predicted octanol–water partition coefficient (Wildman–Crippen LogP) is 4.48. The first-order valence-electron chi connectivity index (χ1n) is 6.77. The molecule has 0 aliphatic rings. The molecule has 0 aliphatic heterocycles. The molecule has 0 bridgehead atoms. The van der Waals surface area contributed by atoms with Crippen LogP contribution < -0.4 is 0 Å². The zero-order valence-corrected chi connectivity index (χ0v) is 11.5. The summed E-state index contributed by atoms with van der Waals surface area (Å²) < 4.78 is 0.